The van der Waals surface area contributed by atoms with Crippen molar-refractivity contribution in [1.82, 2.24) is 9.62 Å². The summed E-state index contributed by atoms with van der Waals surface area (Å²) in [5, 5.41) is 8.77. The minimum atomic E-state index is -5.08. The van der Waals surface area contributed by atoms with Crippen molar-refractivity contribution in [3.05, 3.63) is 95.5 Å². The van der Waals surface area contributed by atoms with Gasteiger partial charge in [0, 0.05) is 17.1 Å². The molecule has 0 bridgehead atoms. The summed E-state index contributed by atoms with van der Waals surface area (Å²) in [7, 11) is -4.78. The van der Waals surface area contributed by atoms with Crippen LogP contribution in [0.2, 0.25) is 5.02 Å². The number of nitrogens with two attached hydrogens (primary N) is 1. The van der Waals surface area contributed by atoms with Gasteiger partial charge in [-0.15, -0.1) is 0 Å². The van der Waals surface area contributed by atoms with Crippen molar-refractivity contribution in [2.24, 2.45) is 5.73 Å². The van der Waals surface area contributed by atoms with Crippen LogP contribution in [0.15, 0.2) is 89.8 Å². The molecular weight excluding hydrogens is 783 g/mol. The Morgan fingerprint density at radius 2 is 1.42 bits per heavy atom. The second-order valence-electron chi connectivity index (χ2n) is 13.2. The number of likely N-dealkylation sites (tertiary alicyclic amines) is 1. The van der Waals surface area contributed by atoms with Gasteiger partial charge >= 0.3 is 12.1 Å². The zero-order valence-electron chi connectivity index (χ0n) is 28.7. The Morgan fingerprint density at radius 3 is 1.98 bits per heavy atom. The van der Waals surface area contributed by atoms with E-state index in [0.717, 1.165) is 37.8 Å². The Hall–Kier alpha value is -4.45. The highest BCUT2D eigenvalue weighted by Crippen LogP contribution is 2.37. The summed E-state index contributed by atoms with van der Waals surface area (Å²) in [5.41, 5.74) is 6.07. The van der Waals surface area contributed by atoms with E-state index in [1.807, 2.05) is 4.72 Å². The maximum absolute atomic E-state index is 16.4. The molecule has 4 N–H and O–H groups in total. The molecule has 1 amide bonds. The van der Waals surface area contributed by atoms with E-state index >= 15 is 8.78 Å². The largest absolute Gasteiger partial charge is 0.490 e. The Morgan fingerprint density at radius 1 is 0.873 bits per heavy atom. The quantitative estimate of drug-likeness (QED) is 0.147. The third kappa shape index (κ3) is 10.1. The number of ether oxygens (including phenoxy) is 1. The highest BCUT2D eigenvalue weighted by atomic mass is 35.5. The molecule has 296 valence electrons. The number of aliphatic carboxylic acids is 1. The lowest BCUT2D eigenvalue weighted by atomic mass is 9.95. The zero-order chi connectivity index (χ0) is 40.3. The number of sulfonamides is 1. The monoisotopic (exact) mass is 817 g/mol. The summed E-state index contributed by atoms with van der Waals surface area (Å²) < 4.78 is 129. The van der Waals surface area contributed by atoms with Gasteiger partial charge in [0.15, 0.2) is 6.04 Å². The summed E-state index contributed by atoms with van der Waals surface area (Å²) >= 11 is 5.95. The maximum Gasteiger partial charge on any atom is 0.490 e. The molecule has 1 heterocycles. The van der Waals surface area contributed by atoms with Crippen LogP contribution in [-0.4, -0.2) is 73.7 Å². The van der Waals surface area contributed by atoms with Gasteiger partial charge in [0.1, 0.15) is 5.75 Å². The molecule has 1 unspecified atom stereocenters. The van der Waals surface area contributed by atoms with Crippen molar-refractivity contribution in [3.63, 3.8) is 0 Å². The number of amides is 1. The summed E-state index contributed by atoms with van der Waals surface area (Å²) in [6.07, 6.45) is -1.21. The predicted molar refractivity (Wildman–Crippen MR) is 190 cm³/mol. The number of carboxylic acid groups (broad SMARTS) is 1. The molecule has 18 heteroatoms. The number of piperidine rings is 1. The number of carboxylic acids is 1. The number of hydrogen-bond acceptors (Lipinski definition) is 6. The third-order valence-electron chi connectivity index (χ3n) is 9.24. The molecule has 2 atom stereocenters. The summed E-state index contributed by atoms with van der Waals surface area (Å²) in [5.74, 6) is -11.3. The molecule has 4 aromatic carbocycles. The number of halogens is 8. The van der Waals surface area contributed by atoms with Gasteiger partial charge in [0.25, 0.3) is 11.8 Å². The van der Waals surface area contributed by atoms with Crippen LogP contribution in [0.1, 0.15) is 37.7 Å². The first-order valence-electron chi connectivity index (χ1n) is 16.9. The lowest BCUT2D eigenvalue weighted by Gasteiger charge is -2.39. The van der Waals surface area contributed by atoms with E-state index in [9.17, 15) is 35.2 Å². The molecule has 0 radical (unpaired) electrons. The summed E-state index contributed by atoms with van der Waals surface area (Å²) in [6, 6.07) is 16.5. The fourth-order valence-electron chi connectivity index (χ4n) is 6.17. The van der Waals surface area contributed by atoms with Gasteiger partial charge in [0.05, 0.1) is 23.6 Å². The number of rotatable bonds is 9. The first-order chi connectivity index (χ1) is 25.7. The van der Waals surface area contributed by atoms with Crippen molar-refractivity contribution in [3.8, 4) is 16.9 Å². The second kappa shape index (κ2) is 16.3. The van der Waals surface area contributed by atoms with E-state index in [0.29, 0.717) is 37.6 Å². The number of fused-ring (bicyclic) bond motifs is 1. The first-order valence-corrected chi connectivity index (χ1v) is 18.7. The number of benzene rings is 4. The van der Waals surface area contributed by atoms with E-state index in [1.54, 1.807) is 42.5 Å². The zero-order valence-corrected chi connectivity index (χ0v) is 30.3. The van der Waals surface area contributed by atoms with Crippen LogP contribution in [0.4, 0.5) is 30.7 Å². The van der Waals surface area contributed by atoms with Crippen LogP contribution in [0.3, 0.4) is 0 Å². The van der Waals surface area contributed by atoms with Gasteiger partial charge < -0.3 is 20.5 Å². The van der Waals surface area contributed by atoms with Crippen molar-refractivity contribution < 1.29 is 58.6 Å². The lowest BCUT2D eigenvalue weighted by Crippen LogP contribution is -2.62. The molecule has 55 heavy (non-hydrogen) atoms. The second-order valence-corrected chi connectivity index (χ2v) is 15.3. The van der Waals surface area contributed by atoms with Crippen LogP contribution in [0.25, 0.3) is 21.9 Å². The Balaban J connectivity index is 0.000000757. The van der Waals surface area contributed by atoms with Crippen molar-refractivity contribution in [2.75, 3.05) is 13.1 Å². The smallest absolute Gasteiger partial charge is 0.490 e. The first kappa shape index (κ1) is 41.7. The molecule has 1 saturated heterocycles. The van der Waals surface area contributed by atoms with Gasteiger partial charge in [-0.2, -0.15) is 26.7 Å². The fraction of sp³-hybridized carbons (Fsp3) is 0.351. The van der Waals surface area contributed by atoms with E-state index in [-0.39, 0.29) is 24.0 Å². The predicted octanol–water partition coefficient (Wildman–Crippen LogP) is 7.75. The highest BCUT2D eigenvalue weighted by Gasteiger charge is 2.52. The van der Waals surface area contributed by atoms with Gasteiger partial charge in [0.2, 0.25) is 15.9 Å². The van der Waals surface area contributed by atoms with Crippen molar-refractivity contribution in [2.45, 2.75) is 73.2 Å². The highest BCUT2D eigenvalue weighted by molar-refractivity contribution is 7.89. The van der Waals surface area contributed by atoms with Crippen LogP contribution >= 0.6 is 11.6 Å². The van der Waals surface area contributed by atoms with Crippen molar-refractivity contribution >= 4 is 44.3 Å². The van der Waals surface area contributed by atoms with E-state index in [2.05, 4.69) is 0 Å². The van der Waals surface area contributed by atoms with E-state index in [1.165, 1.54) is 30.3 Å². The van der Waals surface area contributed by atoms with Gasteiger partial charge in [-0.25, -0.2) is 22.0 Å². The van der Waals surface area contributed by atoms with E-state index < -0.39 is 64.1 Å². The number of nitrogens with one attached hydrogen (secondary N) is 1. The molecule has 2 aliphatic rings. The van der Waals surface area contributed by atoms with Gasteiger partial charge in [-0.05, 0) is 90.4 Å². The molecule has 4 aromatic rings. The lowest BCUT2D eigenvalue weighted by molar-refractivity contribution is -0.192. The minimum Gasteiger partial charge on any atom is -0.490 e. The molecule has 0 spiro atoms. The minimum absolute atomic E-state index is 0.117. The molecular formula is C37H35ClF7N3O6S. The van der Waals surface area contributed by atoms with Crippen molar-refractivity contribution in [1.29, 1.82) is 0 Å². The molecule has 6 rings (SSSR count). The average molecular weight is 818 g/mol. The molecule has 0 aromatic heterocycles. The molecule has 1 saturated carbocycles. The average Bonchev–Trinajstić information content (AvgIpc) is 3.64. The standard InChI is InChI=1S/C35H34ClF4N3O4S.C2HF3O2/c36-27-13-7-23(8-14-27)22-5-11-26(12-6-22)35(39,40)32(33(44)43-18-17-31(41)34(37,38)21-43)42-48(45,46)30-16-10-24-19-29(15-9-25(24)20-30)47-28-3-1-2-4-28;3-2(4,5)1(6)7/h5-16,19-20,28,31-32,42H,1-4,17-18,21,41H2;(H,6,7)/t31-,32?;/m0./s1. The Bertz CT molecular complexity index is 2110. The Kier molecular flexibility index (Phi) is 12.4. The number of carbonyl (C=O) groups excluding carboxylic acids is 1. The number of carbonyl (C=O) groups is 2. The van der Waals surface area contributed by atoms with E-state index in [4.69, 9.17) is 32.0 Å². The molecule has 2 fully saturated rings. The number of nitrogens with zero attached hydrogens (tertiary/aromatic N) is 1. The normalized spacial score (nSPS) is 18.3. The van der Waals surface area contributed by atoms with Gasteiger partial charge in [-0.3, -0.25) is 4.79 Å². The maximum atomic E-state index is 16.4. The SMILES string of the molecule is N[C@H]1CCN(C(=O)C(NS(=O)(=O)c2ccc3cc(OC4CCCC4)ccc3c2)C(F)(F)c2ccc(-c3ccc(Cl)cc3)cc2)CC1(F)F.O=C(O)C(F)(F)F. The van der Waals surface area contributed by atoms with Crippen LogP contribution < -0.4 is 15.2 Å². The van der Waals surface area contributed by atoms with Gasteiger partial charge in [-0.1, -0.05) is 60.1 Å². The topological polar surface area (TPSA) is 139 Å². The summed E-state index contributed by atoms with van der Waals surface area (Å²) in [6.45, 7) is -1.57. The molecule has 1 aliphatic carbocycles. The van der Waals surface area contributed by atoms with Crippen LogP contribution in [-0.2, 0) is 25.5 Å². The number of alkyl halides is 7. The molecule has 9 nitrogen and oxygen atoms in total. The van der Waals surface area contributed by atoms with Crippen LogP contribution in [0, 0.1) is 0 Å². The third-order valence-corrected chi connectivity index (χ3v) is 10.9. The summed E-state index contributed by atoms with van der Waals surface area (Å²) in [4.78, 5) is 22.7. The Labute approximate surface area is 316 Å². The van der Waals surface area contributed by atoms with Crippen LogP contribution in [0.5, 0.6) is 5.75 Å². The fourth-order valence-corrected chi connectivity index (χ4v) is 7.52. The molecule has 1 aliphatic heterocycles. The number of hydrogen-bond donors (Lipinski definition) is 3.